The van der Waals surface area contributed by atoms with Gasteiger partial charge in [0.2, 0.25) is 0 Å². The number of benzene rings is 1. The van der Waals surface area contributed by atoms with Crippen molar-refractivity contribution in [2.75, 3.05) is 7.11 Å². The number of hydrogen-bond acceptors (Lipinski definition) is 2. The Hall–Kier alpha value is -0.0300. The summed E-state index contributed by atoms with van der Waals surface area (Å²) in [5.41, 5.74) is 3.32. The van der Waals surface area contributed by atoms with E-state index in [0.29, 0.717) is 0 Å². The normalized spacial score (nSPS) is 12.5. The van der Waals surface area contributed by atoms with Crippen LogP contribution in [-0.2, 0) is 0 Å². The van der Waals surface area contributed by atoms with Crippen LogP contribution in [0.4, 0.5) is 0 Å². The van der Waals surface area contributed by atoms with E-state index in [1.807, 2.05) is 19.1 Å². The summed E-state index contributed by atoms with van der Waals surface area (Å²) in [5, 5.41) is -0.207. The van der Waals surface area contributed by atoms with Crippen molar-refractivity contribution >= 4 is 54.8 Å². The molecule has 0 aliphatic rings. The highest BCUT2D eigenvalue weighted by molar-refractivity contribution is 9.11. The molecule has 0 spiro atoms. The number of rotatable bonds is 3. The molecule has 0 N–H and O–H groups in total. The van der Waals surface area contributed by atoms with Crippen molar-refractivity contribution in [2.45, 2.75) is 19.2 Å². The zero-order valence-electron chi connectivity index (χ0n) is 10.8. The van der Waals surface area contributed by atoms with Gasteiger partial charge in [0.15, 0.2) is 0 Å². The maximum absolute atomic E-state index is 6.61. The van der Waals surface area contributed by atoms with E-state index in [0.717, 1.165) is 30.0 Å². The zero-order chi connectivity index (χ0) is 14.2. The van der Waals surface area contributed by atoms with Crippen molar-refractivity contribution in [3.63, 3.8) is 0 Å². The highest BCUT2D eigenvalue weighted by Crippen LogP contribution is 2.42. The lowest BCUT2D eigenvalue weighted by Gasteiger charge is -2.14. The van der Waals surface area contributed by atoms with E-state index in [-0.39, 0.29) is 5.38 Å². The molecule has 0 bridgehead atoms. The molecule has 1 unspecified atom stereocenters. The quantitative estimate of drug-likeness (QED) is 0.531. The SMILES string of the molecule is COc1cc(C)c(Br)cc1C(Cl)c1cc(C)c(Br)s1. The summed E-state index contributed by atoms with van der Waals surface area (Å²) in [4.78, 5) is 1.11. The number of hydrogen-bond donors (Lipinski definition) is 0. The van der Waals surface area contributed by atoms with Gasteiger partial charge in [-0.1, -0.05) is 15.9 Å². The first-order valence-electron chi connectivity index (χ1n) is 5.68. The van der Waals surface area contributed by atoms with Gasteiger partial charge in [-0.15, -0.1) is 22.9 Å². The maximum Gasteiger partial charge on any atom is 0.124 e. The fraction of sp³-hybridized carbons (Fsp3) is 0.286. The van der Waals surface area contributed by atoms with Gasteiger partial charge in [0.1, 0.15) is 5.75 Å². The molecule has 2 rings (SSSR count). The molecule has 19 heavy (non-hydrogen) atoms. The fourth-order valence-corrected chi connectivity index (χ4v) is 4.10. The molecular formula is C14H13Br2ClOS. The second kappa shape index (κ2) is 6.17. The molecule has 2 aromatic rings. The Labute approximate surface area is 139 Å². The van der Waals surface area contributed by atoms with Gasteiger partial charge in [0, 0.05) is 14.9 Å². The van der Waals surface area contributed by atoms with Crippen LogP contribution in [0.5, 0.6) is 5.75 Å². The van der Waals surface area contributed by atoms with Gasteiger partial charge < -0.3 is 4.74 Å². The molecular weight excluding hydrogens is 411 g/mol. The predicted molar refractivity (Wildman–Crippen MR) is 89.9 cm³/mol. The first-order chi connectivity index (χ1) is 8.93. The van der Waals surface area contributed by atoms with Crippen molar-refractivity contribution < 1.29 is 4.74 Å². The third-order valence-electron chi connectivity index (χ3n) is 2.91. The molecule has 1 nitrogen and oxygen atoms in total. The van der Waals surface area contributed by atoms with Crippen LogP contribution in [0.25, 0.3) is 0 Å². The van der Waals surface area contributed by atoms with E-state index in [9.17, 15) is 0 Å². The lowest BCUT2D eigenvalue weighted by atomic mass is 10.1. The summed E-state index contributed by atoms with van der Waals surface area (Å²) in [5.74, 6) is 0.822. The van der Waals surface area contributed by atoms with Crippen molar-refractivity contribution in [1.29, 1.82) is 0 Å². The van der Waals surface area contributed by atoms with E-state index in [4.69, 9.17) is 16.3 Å². The van der Waals surface area contributed by atoms with Gasteiger partial charge in [-0.3, -0.25) is 0 Å². The molecule has 102 valence electrons. The molecule has 1 atom stereocenters. The molecule has 1 aromatic heterocycles. The van der Waals surface area contributed by atoms with Gasteiger partial charge in [-0.25, -0.2) is 0 Å². The minimum absolute atomic E-state index is 0.207. The molecule has 0 saturated heterocycles. The molecule has 5 heteroatoms. The minimum Gasteiger partial charge on any atom is -0.496 e. The number of aryl methyl sites for hydroxylation is 2. The van der Waals surface area contributed by atoms with Crippen LogP contribution in [0, 0.1) is 13.8 Å². The van der Waals surface area contributed by atoms with Crippen molar-refractivity contribution in [2.24, 2.45) is 0 Å². The third-order valence-corrected chi connectivity index (χ3v) is 6.57. The Kier molecular flexibility index (Phi) is 4.99. The Bertz CT molecular complexity index is 590. The Morgan fingerprint density at radius 1 is 1.16 bits per heavy atom. The van der Waals surface area contributed by atoms with Crippen LogP contribution < -0.4 is 4.74 Å². The summed E-state index contributed by atoms with van der Waals surface area (Å²) in [6.07, 6.45) is 0. The third kappa shape index (κ3) is 3.18. The maximum atomic E-state index is 6.61. The summed E-state index contributed by atoms with van der Waals surface area (Å²) in [6.45, 7) is 4.10. The summed E-state index contributed by atoms with van der Waals surface area (Å²) < 4.78 is 7.61. The largest absolute Gasteiger partial charge is 0.496 e. The van der Waals surface area contributed by atoms with E-state index in [1.165, 1.54) is 5.56 Å². The summed E-state index contributed by atoms with van der Waals surface area (Å²) >= 11 is 15.4. The lowest BCUT2D eigenvalue weighted by molar-refractivity contribution is 0.410. The number of halogens is 3. The molecule has 0 saturated carbocycles. The van der Waals surface area contributed by atoms with Crippen molar-refractivity contribution in [3.8, 4) is 5.75 Å². The van der Waals surface area contributed by atoms with E-state index in [1.54, 1.807) is 18.4 Å². The van der Waals surface area contributed by atoms with Crippen LogP contribution in [0.15, 0.2) is 26.5 Å². The predicted octanol–water partition coefficient (Wildman–Crippen LogP) is 6.23. The second-order valence-electron chi connectivity index (χ2n) is 4.31. The van der Waals surface area contributed by atoms with Gasteiger partial charge in [0.25, 0.3) is 0 Å². The van der Waals surface area contributed by atoms with Crippen LogP contribution in [-0.4, -0.2) is 7.11 Å². The minimum atomic E-state index is -0.207. The van der Waals surface area contributed by atoms with Gasteiger partial charge in [-0.2, -0.15) is 0 Å². The fourth-order valence-electron chi connectivity index (χ4n) is 1.81. The molecule has 0 aliphatic carbocycles. The Morgan fingerprint density at radius 2 is 1.84 bits per heavy atom. The number of thiophene rings is 1. The Morgan fingerprint density at radius 3 is 2.37 bits per heavy atom. The zero-order valence-corrected chi connectivity index (χ0v) is 15.5. The van der Waals surface area contributed by atoms with Crippen LogP contribution in [0.2, 0.25) is 0 Å². The molecule has 0 fully saturated rings. The van der Waals surface area contributed by atoms with Gasteiger partial charge >= 0.3 is 0 Å². The molecule has 0 amide bonds. The summed E-state index contributed by atoms with van der Waals surface area (Å²) in [7, 11) is 1.67. The molecule has 0 radical (unpaired) electrons. The monoisotopic (exact) mass is 422 g/mol. The van der Waals surface area contributed by atoms with E-state index < -0.39 is 0 Å². The molecule has 0 aliphatic heterocycles. The number of methoxy groups -OCH3 is 1. The average molecular weight is 425 g/mol. The van der Waals surface area contributed by atoms with Gasteiger partial charge in [-0.05, 0) is 59.1 Å². The molecule has 1 heterocycles. The average Bonchev–Trinajstić information content (AvgIpc) is 2.71. The van der Waals surface area contributed by atoms with Crippen LogP contribution >= 0.6 is 54.8 Å². The Balaban J connectivity index is 2.48. The first kappa shape index (κ1) is 15.4. The second-order valence-corrected chi connectivity index (χ2v) is 8.00. The number of ether oxygens (including phenoxy) is 1. The lowest BCUT2D eigenvalue weighted by Crippen LogP contribution is -1.97. The van der Waals surface area contributed by atoms with Crippen molar-refractivity contribution in [1.82, 2.24) is 0 Å². The highest BCUT2D eigenvalue weighted by Gasteiger charge is 2.20. The van der Waals surface area contributed by atoms with Crippen LogP contribution in [0.3, 0.4) is 0 Å². The van der Waals surface area contributed by atoms with E-state index in [2.05, 4.69) is 44.8 Å². The topological polar surface area (TPSA) is 9.23 Å². The summed E-state index contributed by atoms with van der Waals surface area (Å²) in [6, 6.07) is 6.15. The highest BCUT2D eigenvalue weighted by atomic mass is 79.9. The van der Waals surface area contributed by atoms with E-state index >= 15 is 0 Å². The van der Waals surface area contributed by atoms with Gasteiger partial charge in [0.05, 0.1) is 16.3 Å². The standard InChI is InChI=1S/C14H13Br2ClOS/c1-7-4-11(18-3)9(6-10(7)15)13(17)12-5-8(2)14(16)19-12/h4-6,13H,1-3H3. The molecule has 1 aromatic carbocycles. The number of alkyl halides is 1. The van der Waals surface area contributed by atoms with Crippen molar-refractivity contribution in [3.05, 3.63) is 48.0 Å². The first-order valence-corrected chi connectivity index (χ1v) is 8.52. The van der Waals surface area contributed by atoms with Crippen LogP contribution in [0.1, 0.15) is 26.9 Å². The smallest absolute Gasteiger partial charge is 0.124 e.